The van der Waals surface area contributed by atoms with Crippen LogP contribution in [0, 0.1) is 6.92 Å². The summed E-state index contributed by atoms with van der Waals surface area (Å²) in [6.07, 6.45) is 1.59. The Morgan fingerprint density at radius 3 is 2.33 bits per heavy atom. The van der Waals surface area contributed by atoms with Crippen molar-refractivity contribution in [3.05, 3.63) is 81.3 Å². The Kier molecular flexibility index (Phi) is 6.99. The minimum absolute atomic E-state index is 0.281. The van der Waals surface area contributed by atoms with Crippen LogP contribution in [0.15, 0.2) is 64.1 Å². The van der Waals surface area contributed by atoms with Crippen LogP contribution in [0.4, 0.5) is 16.2 Å². The molecule has 0 spiro atoms. The van der Waals surface area contributed by atoms with Crippen LogP contribution in [0.5, 0.6) is 11.5 Å². The van der Waals surface area contributed by atoms with Crippen molar-refractivity contribution in [3.63, 3.8) is 0 Å². The van der Waals surface area contributed by atoms with Crippen LogP contribution in [-0.2, 0) is 12.8 Å². The molecule has 0 fully saturated rings. The molecule has 0 atom stereocenters. The molecule has 0 unspecified atom stereocenters. The fourth-order valence-electron chi connectivity index (χ4n) is 3.86. The molecule has 33 heavy (non-hydrogen) atoms. The van der Waals surface area contributed by atoms with Crippen molar-refractivity contribution in [2.24, 2.45) is 4.99 Å². The standard InChI is InChI=1S/C26H26BrN3O3/c1-16-12-20(8-9-22(16)27)30-26(31)29-19-6-4-17(5-7-19)13-23-21-15-25(33-3)24(32-2)14-18(21)10-11-28-23/h4-9,12,14-15H,10-11,13H2,1-3H3,(H2,29,30,31). The number of hydrogen-bond donors (Lipinski definition) is 2. The Morgan fingerprint density at radius 2 is 1.64 bits per heavy atom. The number of fused-ring (bicyclic) bond motifs is 1. The Balaban J connectivity index is 1.42. The number of amides is 2. The second kappa shape index (κ2) is 10.1. The summed E-state index contributed by atoms with van der Waals surface area (Å²) in [7, 11) is 3.29. The van der Waals surface area contributed by atoms with Crippen molar-refractivity contribution in [2.75, 3.05) is 31.4 Å². The molecule has 1 aliphatic rings. The lowest BCUT2D eigenvalue weighted by Gasteiger charge is -2.20. The third-order valence-corrected chi connectivity index (χ3v) is 6.49. The molecule has 2 amide bonds. The van der Waals surface area contributed by atoms with Crippen molar-refractivity contribution >= 4 is 39.0 Å². The van der Waals surface area contributed by atoms with Gasteiger partial charge < -0.3 is 20.1 Å². The molecule has 1 aliphatic heterocycles. The number of anilines is 2. The zero-order valence-electron chi connectivity index (χ0n) is 18.9. The van der Waals surface area contributed by atoms with E-state index in [1.54, 1.807) is 14.2 Å². The average molecular weight is 508 g/mol. The van der Waals surface area contributed by atoms with Crippen LogP contribution < -0.4 is 20.1 Å². The quantitative estimate of drug-likeness (QED) is 0.429. The number of nitrogens with one attached hydrogen (secondary N) is 2. The van der Waals surface area contributed by atoms with Gasteiger partial charge in [0.05, 0.1) is 14.2 Å². The number of nitrogens with zero attached hydrogens (tertiary/aromatic N) is 1. The zero-order valence-corrected chi connectivity index (χ0v) is 20.5. The minimum Gasteiger partial charge on any atom is -0.493 e. The van der Waals surface area contributed by atoms with E-state index in [2.05, 4.69) is 26.6 Å². The molecule has 3 aromatic rings. The third-order valence-electron chi connectivity index (χ3n) is 5.60. The summed E-state index contributed by atoms with van der Waals surface area (Å²) in [5.41, 5.74) is 6.99. The number of carbonyl (C=O) groups is 1. The van der Waals surface area contributed by atoms with E-state index in [0.717, 1.165) is 57.0 Å². The first kappa shape index (κ1) is 22.9. The molecule has 0 saturated heterocycles. The van der Waals surface area contributed by atoms with Gasteiger partial charge in [-0.05, 0) is 72.5 Å². The van der Waals surface area contributed by atoms with Crippen molar-refractivity contribution in [2.45, 2.75) is 19.8 Å². The van der Waals surface area contributed by atoms with Gasteiger partial charge in [-0.1, -0.05) is 28.1 Å². The lowest BCUT2D eigenvalue weighted by Crippen LogP contribution is -2.19. The number of halogens is 1. The number of aryl methyl sites for hydroxylation is 1. The zero-order chi connectivity index (χ0) is 23.4. The molecule has 170 valence electrons. The van der Waals surface area contributed by atoms with E-state index in [4.69, 9.17) is 14.5 Å². The number of carbonyl (C=O) groups excluding carboxylic acids is 1. The summed E-state index contributed by atoms with van der Waals surface area (Å²) < 4.78 is 11.9. The van der Waals surface area contributed by atoms with Gasteiger partial charge in [0.2, 0.25) is 0 Å². The van der Waals surface area contributed by atoms with Gasteiger partial charge in [0, 0.05) is 40.1 Å². The first-order valence-corrected chi connectivity index (χ1v) is 11.5. The van der Waals surface area contributed by atoms with E-state index < -0.39 is 0 Å². The molecule has 0 bridgehead atoms. The number of hydrogen-bond acceptors (Lipinski definition) is 4. The van der Waals surface area contributed by atoms with E-state index in [-0.39, 0.29) is 6.03 Å². The summed E-state index contributed by atoms with van der Waals surface area (Å²) in [6, 6.07) is 17.3. The number of rotatable bonds is 6. The summed E-state index contributed by atoms with van der Waals surface area (Å²) in [4.78, 5) is 17.1. The third kappa shape index (κ3) is 5.37. The molecular weight excluding hydrogens is 482 g/mol. The van der Waals surface area contributed by atoms with Gasteiger partial charge in [0.25, 0.3) is 0 Å². The van der Waals surface area contributed by atoms with Crippen LogP contribution in [0.25, 0.3) is 0 Å². The number of benzene rings is 3. The first-order valence-electron chi connectivity index (χ1n) is 10.7. The average Bonchev–Trinajstić information content (AvgIpc) is 2.82. The molecular formula is C26H26BrN3O3. The molecule has 2 N–H and O–H groups in total. The van der Waals surface area contributed by atoms with Gasteiger partial charge in [-0.3, -0.25) is 4.99 Å². The smallest absolute Gasteiger partial charge is 0.323 e. The Bertz CT molecular complexity index is 1210. The second-order valence-corrected chi connectivity index (χ2v) is 8.71. The summed E-state index contributed by atoms with van der Waals surface area (Å²) >= 11 is 3.47. The predicted molar refractivity (Wildman–Crippen MR) is 136 cm³/mol. The Labute approximate surface area is 202 Å². The Morgan fingerprint density at radius 1 is 0.970 bits per heavy atom. The number of ether oxygens (including phenoxy) is 2. The highest BCUT2D eigenvalue weighted by Gasteiger charge is 2.18. The maximum Gasteiger partial charge on any atom is 0.323 e. The monoisotopic (exact) mass is 507 g/mol. The maximum atomic E-state index is 12.4. The van der Waals surface area contributed by atoms with E-state index in [0.29, 0.717) is 12.2 Å². The molecule has 6 nitrogen and oxygen atoms in total. The lowest BCUT2D eigenvalue weighted by atomic mass is 9.93. The number of urea groups is 1. The van der Waals surface area contributed by atoms with Gasteiger partial charge in [0.15, 0.2) is 11.5 Å². The summed E-state index contributed by atoms with van der Waals surface area (Å²) in [6.45, 7) is 2.74. The van der Waals surface area contributed by atoms with Crippen molar-refractivity contribution in [3.8, 4) is 11.5 Å². The molecule has 0 aromatic heterocycles. The van der Waals surface area contributed by atoms with E-state index in [9.17, 15) is 4.79 Å². The Hall–Kier alpha value is -3.32. The molecule has 1 heterocycles. The molecule has 3 aromatic carbocycles. The van der Waals surface area contributed by atoms with Gasteiger partial charge in [-0.15, -0.1) is 0 Å². The normalized spacial score (nSPS) is 12.4. The molecule has 4 rings (SSSR count). The van der Waals surface area contributed by atoms with Crippen molar-refractivity contribution in [1.29, 1.82) is 0 Å². The fourth-order valence-corrected chi connectivity index (χ4v) is 4.11. The molecule has 7 heteroatoms. The second-order valence-electron chi connectivity index (χ2n) is 7.86. The highest BCUT2D eigenvalue weighted by atomic mass is 79.9. The molecule has 0 aliphatic carbocycles. The number of aliphatic imine (C=N–C) groups is 1. The van der Waals surface area contributed by atoms with E-state index >= 15 is 0 Å². The highest BCUT2D eigenvalue weighted by Crippen LogP contribution is 2.33. The van der Waals surface area contributed by atoms with Crippen LogP contribution >= 0.6 is 15.9 Å². The lowest BCUT2D eigenvalue weighted by molar-refractivity contribution is 0.262. The van der Waals surface area contributed by atoms with E-state index in [1.807, 2.05) is 61.5 Å². The minimum atomic E-state index is -0.281. The topological polar surface area (TPSA) is 72.0 Å². The van der Waals surface area contributed by atoms with Crippen LogP contribution in [0.3, 0.4) is 0 Å². The maximum absolute atomic E-state index is 12.4. The van der Waals surface area contributed by atoms with Gasteiger partial charge in [0.1, 0.15) is 0 Å². The predicted octanol–water partition coefficient (Wildman–Crippen LogP) is 6.01. The fraction of sp³-hybridized carbons (Fsp3) is 0.231. The van der Waals surface area contributed by atoms with Crippen LogP contribution in [0.1, 0.15) is 22.3 Å². The van der Waals surface area contributed by atoms with Crippen LogP contribution in [-0.4, -0.2) is 32.5 Å². The van der Waals surface area contributed by atoms with Crippen molar-refractivity contribution in [1.82, 2.24) is 0 Å². The highest BCUT2D eigenvalue weighted by molar-refractivity contribution is 9.10. The SMILES string of the molecule is COc1cc2c(cc1OC)C(Cc1ccc(NC(=O)Nc3ccc(Br)c(C)c3)cc1)=NCC2. The summed E-state index contributed by atoms with van der Waals surface area (Å²) in [5.74, 6) is 1.45. The van der Waals surface area contributed by atoms with Crippen molar-refractivity contribution < 1.29 is 14.3 Å². The van der Waals surface area contributed by atoms with Gasteiger partial charge in [-0.25, -0.2) is 4.79 Å². The van der Waals surface area contributed by atoms with Gasteiger partial charge >= 0.3 is 6.03 Å². The largest absolute Gasteiger partial charge is 0.493 e. The molecule has 0 saturated carbocycles. The summed E-state index contributed by atoms with van der Waals surface area (Å²) in [5, 5.41) is 5.73. The number of methoxy groups -OCH3 is 2. The van der Waals surface area contributed by atoms with Crippen LogP contribution in [0.2, 0.25) is 0 Å². The van der Waals surface area contributed by atoms with E-state index in [1.165, 1.54) is 5.56 Å². The molecule has 0 radical (unpaired) electrons. The first-order chi connectivity index (χ1) is 16.0. The van der Waals surface area contributed by atoms with Gasteiger partial charge in [-0.2, -0.15) is 0 Å².